The van der Waals surface area contributed by atoms with E-state index in [1.54, 1.807) is 11.8 Å². The molecule has 0 spiro atoms. The van der Waals surface area contributed by atoms with E-state index in [1.165, 1.54) is 5.56 Å². The number of aryl methyl sites for hydroxylation is 3. The SMILES string of the molecule is COc1c(C2CCCN2Cc2nnc(C)o2)c(C)nn1C. The van der Waals surface area contributed by atoms with Gasteiger partial charge in [-0.3, -0.25) is 4.90 Å². The summed E-state index contributed by atoms with van der Waals surface area (Å²) in [5, 5.41) is 12.5. The molecule has 114 valence electrons. The summed E-state index contributed by atoms with van der Waals surface area (Å²) in [5.74, 6) is 2.11. The molecule has 3 rings (SSSR count). The fraction of sp³-hybridized carbons (Fsp3) is 0.643. The molecule has 7 nitrogen and oxygen atoms in total. The number of ether oxygens (including phenoxy) is 1. The van der Waals surface area contributed by atoms with Crippen LogP contribution >= 0.6 is 0 Å². The van der Waals surface area contributed by atoms with Gasteiger partial charge in [0, 0.05) is 20.0 Å². The van der Waals surface area contributed by atoms with Gasteiger partial charge in [-0.05, 0) is 26.3 Å². The average Bonchev–Trinajstić information content (AvgIpc) is 3.10. The Hall–Kier alpha value is -1.89. The number of rotatable bonds is 4. The van der Waals surface area contributed by atoms with Gasteiger partial charge >= 0.3 is 0 Å². The first-order valence-electron chi connectivity index (χ1n) is 7.20. The summed E-state index contributed by atoms with van der Waals surface area (Å²) < 4.78 is 12.8. The zero-order valence-electron chi connectivity index (χ0n) is 13.0. The lowest BCUT2D eigenvalue weighted by Crippen LogP contribution is -2.23. The van der Waals surface area contributed by atoms with E-state index in [0.29, 0.717) is 24.4 Å². The fourth-order valence-corrected chi connectivity index (χ4v) is 3.20. The Morgan fingerprint density at radius 2 is 2.14 bits per heavy atom. The predicted molar refractivity (Wildman–Crippen MR) is 75.9 cm³/mol. The highest BCUT2D eigenvalue weighted by molar-refractivity contribution is 5.35. The summed E-state index contributed by atoms with van der Waals surface area (Å²) in [6, 6.07) is 0.292. The van der Waals surface area contributed by atoms with Gasteiger partial charge < -0.3 is 9.15 Å². The van der Waals surface area contributed by atoms with Gasteiger partial charge in [0.25, 0.3) is 0 Å². The molecule has 0 saturated carbocycles. The maximum Gasteiger partial charge on any atom is 0.230 e. The second-order valence-corrected chi connectivity index (χ2v) is 5.48. The maximum atomic E-state index is 5.53. The van der Waals surface area contributed by atoms with E-state index in [1.807, 2.05) is 20.9 Å². The van der Waals surface area contributed by atoms with Crippen molar-refractivity contribution < 1.29 is 9.15 Å². The van der Waals surface area contributed by atoms with Gasteiger partial charge in [0.2, 0.25) is 17.7 Å². The lowest BCUT2D eigenvalue weighted by Gasteiger charge is -2.23. The van der Waals surface area contributed by atoms with Crippen molar-refractivity contribution in [2.24, 2.45) is 7.05 Å². The van der Waals surface area contributed by atoms with E-state index < -0.39 is 0 Å². The van der Waals surface area contributed by atoms with Gasteiger partial charge in [-0.1, -0.05) is 0 Å². The molecular formula is C14H21N5O2. The summed E-state index contributed by atoms with van der Waals surface area (Å²) in [7, 11) is 3.61. The van der Waals surface area contributed by atoms with E-state index >= 15 is 0 Å². The van der Waals surface area contributed by atoms with Crippen molar-refractivity contribution in [1.82, 2.24) is 24.9 Å². The normalized spacial score (nSPS) is 19.3. The predicted octanol–water partition coefficient (Wildman–Crippen LogP) is 1.77. The van der Waals surface area contributed by atoms with Crippen molar-refractivity contribution in [3.63, 3.8) is 0 Å². The first-order chi connectivity index (χ1) is 10.1. The summed E-state index contributed by atoms with van der Waals surface area (Å²) in [6.07, 6.45) is 2.24. The minimum Gasteiger partial charge on any atom is -0.481 e. The molecule has 1 saturated heterocycles. The Morgan fingerprint density at radius 1 is 1.33 bits per heavy atom. The van der Waals surface area contributed by atoms with Crippen molar-refractivity contribution >= 4 is 0 Å². The van der Waals surface area contributed by atoms with Crippen LogP contribution in [0, 0.1) is 13.8 Å². The van der Waals surface area contributed by atoms with E-state index in [2.05, 4.69) is 20.2 Å². The van der Waals surface area contributed by atoms with Gasteiger partial charge in [0.1, 0.15) is 0 Å². The topological polar surface area (TPSA) is 69.2 Å². The minimum atomic E-state index is 0.292. The van der Waals surface area contributed by atoms with Crippen LogP contribution in [0.1, 0.15) is 41.9 Å². The van der Waals surface area contributed by atoms with Crippen LogP contribution in [0.3, 0.4) is 0 Å². The molecule has 0 radical (unpaired) electrons. The molecule has 1 fully saturated rings. The number of hydrogen-bond donors (Lipinski definition) is 0. The van der Waals surface area contributed by atoms with E-state index in [-0.39, 0.29) is 0 Å². The number of hydrogen-bond acceptors (Lipinski definition) is 6. The standard InChI is InChI=1S/C14H21N5O2/c1-9-13(14(20-4)18(3)17-9)11-6-5-7-19(11)8-12-16-15-10(2)21-12/h11H,5-8H2,1-4H3. The highest BCUT2D eigenvalue weighted by Gasteiger charge is 2.33. The zero-order chi connectivity index (χ0) is 15.0. The minimum absolute atomic E-state index is 0.292. The van der Waals surface area contributed by atoms with Crippen LogP contribution in [0.25, 0.3) is 0 Å². The van der Waals surface area contributed by atoms with Crippen LogP contribution in [0.2, 0.25) is 0 Å². The number of methoxy groups -OCH3 is 1. The summed E-state index contributed by atoms with van der Waals surface area (Å²) >= 11 is 0. The number of aromatic nitrogens is 4. The highest BCUT2D eigenvalue weighted by atomic mass is 16.5. The zero-order valence-corrected chi connectivity index (χ0v) is 13.0. The van der Waals surface area contributed by atoms with Crippen LogP contribution in [0.4, 0.5) is 0 Å². The largest absolute Gasteiger partial charge is 0.481 e. The Labute approximate surface area is 123 Å². The van der Waals surface area contributed by atoms with E-state index in [9.17, 15) is 0 Å². The third kappa shape index (κ3) is 2.53. The van der Waals surface area contributed by atoms with Crippen molar-refractivity contribution in [3.8, 4) is 5.88 Å². The third-order valence-electron chi connectivity index (χ3n) is 4.01. The van der Waals surface area contributed by atoms with Gasteiger partial charge in [0.15, 0.2) is 0 Å². The van der Waals surface area contributed by atoms with E-state index in [0.717, 1.165) is 31.0 Å². The molecule has 0 amide bonds. The van der Waals surface area contributed by atoms with Crippen LogP contribution < -0.4 is 4.74 Å². The van der Waals surface area contributed by atoms with Crippen LogP contribution in [0.15, 0.2) is 4.42 Å². The highest BCUT2D eigenvalue weighted by Crippen LogP contribution is 2.39. The van der Waals surface area contributed by atoms with Crippen molar-refractivity contribution in [2.45, 2.75) is 39.3 Å². The molecule has 21 heavy (non-hydrogen) atoms. The van der Waals surface area contributed by atoms with Gasteiger partial charge in [-0.2, -0.15) is 5.10 Å². The summed E-state index contributed by atoms with van der Waals surface area (Å²) in [6.45, 7) is 5.53. The maximum absolute atomic E-state index is 5.53. The number of likely N-dealkylation sites (tertiary alicyclic amines) is 1. The molecule has 0 bridgehead atoms. The first kappa shape index (κ1) is 14.1. The first-order valence-corrected chi connectivity index (χ1v) is 7.20. The molecule has 0 aromatic carbocycles. The van der Waals surface area contributed by atoms with Crippen molar-refractivity contribution in [1.29, 1.82) is 0 Å². The van der Waals surface area contributed by atoms with Crippen molar-refractivity contribution in [3.05, 3.63) is 23.0 Å². The molecule has 1 unspecified atom stereocenters. The molecule has 2 aromatic rings. The monoisotopic (exact) mass is 291 g/mol. The molecule has 0 N–H and O–H groups in total. The van der Waals surface area contributed by atoms with E-state index in [4.69, 9.17) is 9.15 Å². The fourth-order valence-electron chi connectivity index (χ4n) is 3.20. The van der Waals surface area contributed by atoms with Crippen molar-refractivity contribution in [2.75, 3.05) is 13.7 Å². The molecular weight excluding hydrogens is 270 g/mol. The quantitative estimate of drug-likeness (QED) is 0.855. The molecule has 1 aliphatic heterocycles. The lowest BCUT2D eigenvalue weighted by atomic mass is 10.1. The summed E-state index contributed by atoms with van der Waals surface area (Å²) in [4.78, 5) is 2.36. The van der Waals surface area contributed by atoms with Crippen LogP contribution in [-0.2, 0) is 13.6 Å². The third-order valence-corrected chi connectivity index (χ3v) is 4.01. The Bertz CT molecular complexity index is 633. The molecule has 1 atom stereocenters. The van der Waals surface area contributed by atoms with Gasteiger partial charge in [0.05, 0.1) is 24.9 Å². The Kier molecular flexibility index (Phi) is 3.67. The molecule has 0 aliphatic carbocycles. The second-order valence-electron chi connectivity index (χ2n) is 5.48. The van der Waals surface area contributed by atoms with Gasteiger partial charge in [-0.15, -0.1) is 10.2 Å². The lowest BCUT2D eigenvalue weighted by molar-refractivity contribution is 0.217. The average molecular weight is 291 g/mol. The smallest absolute Gasteiger partial charge is 0.230 e. The Morgan fingerprint density at radius 3 is 2.81 bits per heavy atom. The summed E-state index contributed by atoms with van der Waals surface area (Å²) in [5.41, 5.74) is 2.20. The number of nitrogens with zero attached hydrogens (tertiary/aromatic N) is 5. The molecule has 3 heterocycles. The van der Waals surface area contributed by atoms with Gasteiger partial charge in [-0.25, -0.2) is 4.68 Å². The van der Waals surface area contributed by atoms with Crippen LogP contribution in [0.5, 0.6) is 5.88 Å². The Balaban J connectivity index is 1.87. The molecule has 7 heteroatoms. The molecule has 1 aliphatic rings. The molecule has 2 aromatic heterocycles. The second kappa shape index (κ2) is 5.48. The van der Waals surface area contributed by atoms with Crippen LogP contribution in [-0.4, -0.2) is 38.5 Å².